The number of phenolic OH excluding ortho intramolecular Hbond substituents is 1. The lowest BCUT2D eigenvalue weighted by Gasteiger charge is -2.08. The van der Waals surface area contributed by atoms with Gasteiger partial charge in [-0.2, -0.15) is 13.2 Å². The Labute approximate surface area is 95.4 Å². The molecule has 0 unspecified atom stereocenters. The van der Waals surface area contributed by atoms with Crippen molar-refractivity contribution < 1.29 is 18.3 Å². The van der Waals surface area contributed by atoms with E-state index in [9.17, 15) is 13.2 Å². The Morgan fingerprint density at radius 2 is 1.65 bits per heavy atom. The predicted octanol–water partition coefficient (Wildman–Crippen LogP) is 3.47. The maximum Gasteiger partial charge on any atom is 0.416 e. The molecule has 17 heavy (non-hydrogen) atoms. The van der Waals surface area contributed by atoms with Crippen LogP contribution in [0.2, 0.25) is 0 Å². The number of pyridine rings is 1. The summed E-state index contributed by atoms with van der Waals surface area (Å²) >= 11 is 0. The van der Waals surface area contributed by atoms with Gasteiger partial charge in [0, 0.05) is 11.8 Å². The number of rotatable bonds is 1. The van der Waals surface area contributed by atoms with Gasteiger partial charge in [0.2, 0.25) is 0 Å². The summed E-state index contributed by atoms with van der Waals surface area (Å²) in [5.74, 6) is 0.0562. The van der Waals surface area contributed by atoms with Crippen molar-refractivity contribution >= 4 is 0 Å². The molecule has 0 saturated carbocycles. The van der Waals surface area contributed by atoms with Crippen LogP contribution < -0.4 is 0 Å². The highest BCUT2D eigenvalue weighted by molar-refractivity contribution is 5.60. The van der Waals surface area contributed by atoms with E-state index < -0.39 is 11.7 Å². The molecule has 1 N–H and O–H groups in total. The summed E-state index contributed by atoms with van der Waals surface area (Å²) in [4.78, 5) is 3.87. The van der Waals surface area contributed by atoms with Gasteiger partial charge >= 0.3 is 6.18 Å². The number of aromatic nitrogens is 1. The molecule has 2 nitrogen and oxygen atoms in total. The van der Waals surface area contributed by atoms with Gasteiger partial charge < -0.3 is 5.11 Å². The molecule has 0 atom stereocenters. The monoisotopic (exact) mass is 239 g/mol. The second kappa shape index (κ2) is 4.08. The third-order valence-electron chi connectivity index (χ3n) is 2.25. The number of aromatic hydroxyl groups is 1. The Morgan fingerprint density at radius 1 is 1.00 bits per heavy atom. The Bertz CT molecular complexity index is 520. The van der Waals surface area contributed by atoms with Gasteiger partial charge in [-0.3, -0.25) is 4.98 Å². The molecule has 88 valence electrons. The highest BCUT2D eigenvalue weighted by Gasteiger charge is 2.30. The van der Waals surface area contributed by atoms with Crippen LogP contribution in [0.1, 0.15) is 5.56 Å². The van der Waals surface area contributed by atoms with Gasteiger partial charge in [-0.25, -0.2) is 0 Å². The first kappa shape index (κ1) is 11.4. The molecule has 0 fully saturated rings. The van der Waals surface area contributed by atoms with Crippen molar-refractivity contribution in [2.75, 3.05) is 0 Å². The summed E-state index contributed by atoms with van der Waals surface area (Å²) in [7, 11) is 0. The average molecular weight is 239 g/mol. The van der Waals surface area contributed by atoms with Crippen LogP contribution in [-0.2, 0) is 6.18 Å². The fraction of sp³-hybridized carbons (Fsp3) is 0.0833. The Balaban J connectivity index is 2.43. The van der Waals surface area contributed by atoms with Gasteiger partial charge in [0.05, 0.1) is 11.3 Å². The van der Waals surface area contributed by atoms with E-state index in [0.717, 1.165) is 18.3 Å². The Morgan fingerprint density at radius 3 is 2.24 bits per heavy atom. The lowest BCUT2D eigenvalue weighted by molar-refractivity contribution is -0.137. The number of hydrogen-bond donors (Lipinski definition) is 1. The van der Waals surface area contributed by atoms with E-state index in [4.69, 9.17) is 5.11 Å². The van der Waals surface area contributed by atoms with Crippen molar-refractivity contribution in [1.29, 1.82) is 0 Å². The number of nitrogens with zero attached hydrogens (tertiary/aromatic N) is 1. The summed E-state index contributed by atoms with van der Waals surface area (Å²) in [5, 5.41) is 9.09. The molecule has 0 aliphatic carbocycles. The lowest BCUT2D eigenvalue weighted by atomic mass is 10.1. The van der Waals surface area contributed by atoms with Crippen molar-refractivity contribution in [1.82, 2.24) is 4.98 Å². The van der Waals surface area contributed by atoms with Crippen molar-refractivity contribution in [3.8, 4) is 17.0 Å². The average Bonchev–Trinajstić information content (AvgIpc) is 2.29. The van der Waals surface area contributed by atoms with Gasteiger partial charge in [0.25, 0.3) is 0 Å². The molecular weight excluding hydrogens is 231 g/mol. The predicted molar refractivity (Wildman–Crippen MR) is 56.3 cm³/mol. The number of alkyl halides is 3. The largest absolute Gasteiger partial charge is 0.508 e. The second-order valence-electron chi connectivity index (χ2n) is 3.47. The summed E-state index contributed by atoms with van der Waals surface area (Å²) in [5.41, 5.74) is 0.00398. The molecule has 0 radical (unpaired) electrons. The summed E-state index contributed by atoms with van der Waals surface area (Å²) < 4.78 is 37.4. The van der Waals surface area contributed by atoms with E-state index in [0.29, 0.717) is 5.56 Å². The minimum Gasteiger partial charge on any atom is -0.508 e. The van der Waals surface area contributed by atoms with E-state index in [1.165, 1.54) is 24.3 Å². The molecule has 0 saturated heterocycles. The molecule has 2 aromatic rings. The lowest BCUT2D eigenvalue weighted by Crippen LogP contribution is -2.05. The quantitative estimate of drug-likeness (QED) is 0.826. The van der Waals surface area contributed by atoms with Gasteiger partial charge in [0.1, 0.15) is 5.75 Å². The van der Waals surface area contributed by atoms with E-state index in [1.807, 2.05) is 0 Å². The second-order valence-corrected chi connectivity index (χ2v) is 3.47. The highest BCUT2D eigenvalue weighted by atomic mass is 19.4. The van der Waals surface area contributed by atoms with Gasteiger partial charge in [0.15, 0.2) is 0 Å². The fourth-order valence-electron chi connectivity index (χ4n) is 1.40. The van der Waals surface area contributed by atoms with Gasteiger partial charge in [-0.1, -0.05) is 0 Å². The van der Waals surface area contributed by atoms with E-state index >= 15 is 0 Å². The Kier molecular flexibility index (Phi) is 2.75. The summed E-state index contributed by atoms with van der Waals surface area (Å²) in [6, 6.07) is 7.72. The van der Waals surface area contributed by atoms with Crippen LogP contribution in [0.15, 0.2) is 42.6 Å². The molecule has 0 bridgehead atoms. The van der Waals surface area contributed by atoms with E-state index in [2.05, 4.69) is 4.98 Å². The molecule has 0 spiro atoms. The molecule has 1 aromatic carbocycles. The molecule has 0 aliphatic rings. The van der Waals surface area contributed by atoms with E-state index in [-0.39, 0.29) is 11.4 Å². The van der Waals surface area contributed by atoms with Crippen LogP contribution in [0, 0.1) is 0 Å². The van der Waals surface area contributed by atoms with E-state index in [1.54, 1.807) is 0 Å². The van der Waals surface area contributed by atoms with Crippen LogP contribution in [0.3, 0.4) is 0 Å². The number of phenols is 1. The first-order valence-electron chi connectivity index (χ1n) is 4.79. The van der Waals surface area contributed by atoms with Crippen molar-refractivity contribution in [3.63, 3.8) is 0 Å². The third kappa shape index (κ3) is 2.55. The van der Waals surface area contributed by atoms with Gasteiger partial charge in [-0.15, -0.1) is 0 Å². The van der Waals surface area contributed by atoms with Gasteiger partial charge in [-0.05, 0) is 36.4 Å². The molecule has 5 heteroatoms. The zero-order valence-corrected chi connectivity index (χ0v) is 8.57. The number of halogens is 3. The van der Waals surface area contributed by atoms with Crippen molar-refractivity contribution in [2.45, 2.75) is 6.18 Å². The minimum atomic E-state index is -4.38. The maximum atomic E-state index is 12.5. The standard InChI is InChI=1S/C12H8F3NO/c13-12(14,15)9-5-6-16-11(7-9)8-1-3-10(17)4-2-8/h1-7,17H. The normalized spacial score (nSPS) is 11.5. The van der Waals surface area contributed by atoms with Crippen LogP contribution in [-0.4, -0.2) is 10.1 Å². The number of benzene rings is 1. The summed E-state index contributed by atoms with van der Waals surface area (Å²) in [6.45, 7) is 0. The molecular formula is C12H8F3NO. The highest BCUT2D eigenvalue weighted by Crippen LogP contribution is 2.31. The van der Waals surface area contributed by atoms with Crippen molar-refractivity contribution in [3.05, 3.63) is 48.2 Å². The number of hydrogen-bond acceptors (Lipinski definition) is 2. The van der Waals surface area contributed by atoms with Crippen LogP contribution in [0.5, 0.6) is 5.75 Å². The molecule has 0 aliphatic heterocycles. The minimum absolute atomic E-state index is 0.0562. The Hall–Kier alpha value is -2.04. The fourth-order valence-corrected chi connectivity index (χ4v) is 1.40. The SMILES string of the molecule is Oc1ccc(-c2cc(C(F)(F)F)ccn2)cc1. The van der Waals surface area contributed by atoms with Crippen LogP contribution in [0.4, 0.5) is 13.2 Å². The maximum absolute atomic E-state index is 12.5. The van der Waals surface area contributed by atoms with Crippen molar-refractivity contribution in [2.24, 2.45) is 0 Å². The summed E-state index contributed by atoms with van der Waals surface area (Å²) in [6.07, 6.45) is -3.26. The molecule has 2 rings (SSSR count). The molecule has 0 amide bonds. The van der Waals surface area contributed by atoms with Crippen LogP contribution in [0.25, 0.3) is 11.3 Å². The smallest absolute Gasteiger partial charge is 0.416 e. The zero-order valence-electron chi connectivity index (χ0n) is 8.57. The first-order valence-corrected chi connectivity index (χ1v) is 4.79. The topological polar surface area (TPSA) is 33.1 Å². The third-order valence-corrected chi connectivity index (χ3v) is 2.25. The van der Waals surface area contributed by atoms with Crippen LogP contribution >= 0.6 is 0 Å². The first-order chi connectivity index (χ1) is 7.97. The molecule has 1 aromatic heterocycles. The molecule has 1 heterocycles. The zero-order chi connectivity index (χ0) is 12.5.